The molecule has 0 atom stereocenters. The molecule has 0 amide bonds. The molecular weight excluding hydrogens is 168 g/mol. The van der Waals surface area contributed by atoms with Crippen LogP contribution < -0.4 is 0 Å². The van der Waals surface area contributed by atoms with Crippen LogP contribution in [-0.2, 0) is 9.47 Å². The summed E-state index contributed by atoms with van der Waals surface area (Å²) in [6.45, 7) is 3.70. The fourth-order valence-electron chi connectivity index (χ4n) is 0.247. The molecule has 0 fully saturated rings. The smallest absolute Gasteiger partial charge is 0.450 e. The molecule has 6 nitrogen and oxygen atoms in total. The van der Waals surface area contributed by atoms with Crippen molar-refractivity contribution >= 4 is 12.3 Å². The molecule has 12 heavy (non-hydrogen) atoms. The molecule has 0 aliphatic heterocycles. The number of carboxylic acid groups (broad SMARTS) is 2. The minimum Gasteiger partial charge on any atom is -0.450 e. The van der Waals surface area contributed by atoms with Crippen molar-refractivity contribution in [2.24, 2.45) is 0 Å². The first-order valence-corrected chi connectivity index (χ1v) is 3.26. The Hall–Kier alpha value is -1.46. The van der Waals surface area contributed by atoms with Crippen molar-refractivity contribution in [2.45, 2.75) is 13.8 Å². The zero-order valence-corrected chi connectivity index (χ0v) is 6.94. The highest BCUT2D eigenvalue weighted by atomic mass is 16.7. The van der Waals surface area contributed by atoms with E-state index in [1.54, 1.807) is 13.8 Å². The molecule has 0 radical (unpaired) electrons. The third-order valence-electron chi connectivity index (χ3n) is 0.536. The van der Waals surface area contributed by atoms with Gasteiger partial charge in [0.1, 0.15) is 0 Å². The van der Waals surface area contributed by atoms with Gasteiger partial charge in [0.2, 0.25) is 0 Å². The van der Waals surface area contributed by atoms with Crippen LogP contribution in [-0.4, -0.2) is 35.7 Å². The largest absolute Gasteiger partial charge is 0.505 e. The molecule has 0 heterocycles. The van der Waals surface area contributed by atoms with Crippen molar-refractivity contribution in [3.8, 4) is 0 Å². The van der Waals surface area contributed by atoms with Gasteiger partial charge in [-0.05, 0) is 13.8 Å². The average molecular weight is 180 g/mol. The summed E-state index contributed by atoms with van der Waals surface area (Å²) in [6, 6.07) is 0. The third kappa shape index (κ3) is 23.6. The minimum absolute atomic E-state index is 0.231. The van der Waals surface area contributed by atoms with Crippen molar-refractivity contribution in [1.82, 2.24) is 0 Å². The van der Waals surface area contributed by atoms with Crippen molar-refractivity contribution in [3.05, 3.63) is 0 Å². The summed E-state index contributed by atoms with van der Waals surface area (Å²) in [5.74, 6) is 0. The maximum Gasteiger partial charge on any atom is 0.505 e. The van der Waals surface area contributed by atoms with Gasteiger partial charge in [0, 0.05) is 0 Å². The lowest BCUT2D eigenvalue weighted by atomic mass is 10.9. The Morgan fingerprint density at radius 3 is 1.25 bits per heavy atom. The molecule has 0 saturated carbocycles. The summed E-state index contributed by atoms with van der Waals surface area (Å²) in [5.41, 5.74) is 0. The third-order valence-corrected chi connectivity index (χ3v) is 0.536. The van der Waals surface area contributed by atoms with Gasteiger partial charge >= 0.3 is 12.3 Å². The van der Waals surface area contributed by atoms with Crippen molar-refractivity contribution < 1.29 is 29.3 Å². The maximum absolute atomic E-state index is 9.38. The SMILES string of the molecule is CCOC(=O)O.CCOC(=O)O. The van der Waals surface area contributed by atoms with Crippen LogP contribution >= 0.6 is 0 Å². The Morgan fingerprint density at radius 1 is 1.00 bits per heavy atom. The van der Waals surface area contributed by atoms with E-state index in [-0.39, 0.29) is 13.2 Å². The quantitative estimate of drug-likeness (QED) is 0.624. The molecule has 2 N–H and O–H groups in total. The van der Waals surface area contributed by atoms with Gasteiger partial charge in [-0.25, -0.2) is 9.59 Å². The molecule has 0 aromatic heterocycles. The predicted molar refractivity (Wildman–Crippen MR) is 39.3 cm³/mol. The molecule has 0 aromatic carbocycles. The molecule has 6 heteroatoms. The number of rotatable bonds is 2. The second-order valence-corrected chi connectivity index (χ2v) is 1.40. The Morgan fingerprint density at radius 2 is 1.25 bits per heavy atom. The molecule has 72 valence electrons. The van der Waals surface area contributed by atoms with Crippen LogP contribution in [0.1, 0.15) is 13.8 Å². The van der Waals surface area contributed by atoms with E-state index in [1.807, 2.05) is 0 Å². The topological polar surface area (TPSA) is 93.1 Å². The first-order valence-electron chi connectivity index (χ1n) is 3.26. The van der Waals surface area contributed by atoms with Crippen LogP contribution in [0.25, 0.3) is 0 Å². The van der Waals surface area contributed by atoms with Crippen LogP contribution in [0.5, 0.6) is 0 Å². The Labute approximate surface area is 69.7 Å². The fraction of sp³-hybridized carbons (Fsp3) is 0.667. The zero-order chi connectivity index (χ0) is 9.98. The first-order chi connectivity index (χ1) is 5.54. The molecule has 0 spiro atoms. The van der Waals surface area contributed by atoms with E-state index in [9.17, 15) is 9.59 Å². The van der Waals surface area contributed by atoms with E-state index >= 15 is 0 Å². The van der Waals surface area contributed by atoms with Gasteiger partial charge in [-0.3, -0.25) is 0 Å². The fourth-order valence-corrected chi connectivity index (χ4v) is 0.247. The summed E-state index contributed by atoms with van der Waals surface area (Å²) in [5, 5.41) is 15.4. The van der Waals surface area contributed by atoms with Crippen LogP contribution in [0, 0.1) is 0 Å². The van der Waals surface area contributed by atoms with E-state index < -0.39 is 12.3 Å². The second kappa shape index (κ2) is 9.54. The molecule has 0 aliphatic carbocycles. The summed E-state index contributed by atoms with van der Waals surface area (Å²) < 4.78 is 7.92. The number of ether oxygens (including phenoxy) is 2. The Bertz CT molecular complexity index is 116. The molecule has 0 bridgehead atoms. The van der Waals surface area contributed by atoms with Gasteiger partial charge in [-0.15, -0.1) is 0 Å². The highest BCUT2D eigenvalue weighted by Gasteiger charge is 1.86. The summed E-state index contributed by atoms with van der Waals surface area (Å²) in [7, 11) is 0. The van der Waals surface area contributed by atoms with Gasteiger partial charge in [0.05, 0.1) is 13.2 Å². The summed E-state index contributed by atoms with van der Waals surface area (Å²) in [6.07, 6.45) is -2.42. The van der Waals surface area contributed by atoms with E-state index in [0.717, 1.165) is 0 Å². The summed E-state index contributed by atoms with van der Waals surface area (Å²) in [4.78, 5) is 18.8. The zero-order valence-electron chi connectivity index (χ0n) is 6.94. The summed E-state index contributed by atoms with van der Waals surface area (Å²) >= 11 is 0. The van der Waals surface area contributed by atoms with Crippen molar-refractivity contribution in [1.29, 1.82) is 0 Å². The molecule has 0 saturated heterocycles. The lowest BCUT2D eigenvalue weighted by Crippen LogP contribution is -1.97. The van der Waals surface area contributed by atoms with Crippen molar-refractivity contribution in [2.75, 3.05) is 13.2 Å². The lowest BCUT2D eigenvalue weighted by Gasteiger charge is -1.87. The van der Waals surface area contributed by atoms with Crippen LogP contribution in [0.15, 0.2) is 0 Å². The van der Waals surface area contributed by atoms with Crippen molar-refractivity contribution in [3.63, 3.8) is 0 Å². The van der Waals surface area contributed by atoms with Gasteiger partial charge in [-0.2, -0.15) is 0 Å². The van der Waals surface area contributed by atoms with E-state index in [0.29, 0.717) is 0 Å². The highest BCUT2D eigenvalue weighted by Crippen LogP contribution is 1.70. The first kappa shape index (κ1) is 13.2. The highest BCUT2D eigenvalue weighted by molar-refractivity contribution is 5.56. The normalized spacial score (nSPS) is 7.50. The van der Waals surface area contributed by atoms with E-state index in [4.69, 9.17) is 10.2 Å². The average Bonchev–Trinajstić information content (AvgIpc) is 1.87. The lowest BCUT2D eigenvalue weighted by molar-refractivity contribution is 0.0953. The van der Waals surface area contributed by atoms with Gasteiger partial charge in [-0.1, -0.05) is 0 Å². The number of hydrogen-bond donors (Lipinski definition) is 2. The standard InChI is InChI=1S/2C3H6O3/c2*1-2-6-3(4)5/h2*2H2,1H3,(H,4,5). The monoisotopic (exact) mass is 180 g/mol. The maximum atomic E-state index is 9.38. The second-order valence-electron chi connectivity index (χ2n) is 1.40. The number of hydrogen-bond acceptors (Lipinski definition) is 4. The van der Waals surface area contributed by atoms with E-state index in [2.05, 4.69) is 9.47 Å². The molecule has 0 rings (SSSR count). The van der Waals surface area contributed by atoms with Crippen LogP contribution in [0.3, 0.4) is 0 Å². The van der Waals surface area contributed by atoms with Gasteiger partial charge in [0.25, 0.3) is 0 Å². The van der Waals surface area contributed by atoms with Crippen LogP contribution in [0.2, 0.25) is 0 Å². The number of carbonyl (C=O) groups is 2. The molecule has 0 aliphatic rings. The minimum atomic E-state index is -1.21. The molecule has 0 aromatic rings. The molecule has 0 unspecified atom stereocenters. The van der Waals surface area contributed by atoms with E-state index in [1.165, 1.54) is 0 Å². The Balaban J connectivity index is 0. The van der Waals surface area contributed by atoms with Gasteiger partial charge in [0.15, 0.2) is 0 Å². The van der Waals surface area contributed by atoms with Crippen LogP contribution in [0.4, 0.5) is 9.59 Å². The molecular formula is C6H12O6. The predicted octanol–water partition coefficient (Wildman–Crippen LogP) is 1.40. The van der Waals surface area contributed by atoms with Gasteiger partial charge < -0.3 is 19.7 Å². The Kier molecular flexibility index (Phi) is 10.5.